The van der Waals surface area contributed by atoms with Crippen molar-refractivity contribution < 1.29 is 14.8 Å². The van der Waals surface area contributed by atoms with E-state index in [9.17, 15) is 9.59 Å². The second-order valence-corrected chi connectivity index (χ2v) is 4.62. The predicted molar refractivity (Wildman–Crippen MR) is 78.9 cm³/mol. The molecule has 0 aliphatic carbocycles. The SMILES string of the molecule is Cn1ccc(C(=O)Cc2ccccc2)c1C=CC(=O)NO. The third-order valence-corrected chi connectivity index (χ3v) is 3.13. The maximum Gasteiger partial charge on any atom is 0.267 e. The average Bonchev–Trinajstić information content (AvgIpc) is 2.87. The first-order valence-corrected chi connectivity index (χ1v) is 6.46. The summed E-state index contributed by atoms with van der Waals surface area (Å²) < 4.78 is 1.75. The molecule has 0 atom stereocenters. The smallest absolute Gasteiger partial charge is 0.267 e. The van der Waals surface area contributed by atoms with Crippen LogP contribution in [0.2, 0.25) is 0 Å². The van der Waals surface area contributed by atoms with Crippen molar-refractivity contribution >= 4 is 17.8 Å². The Balaban J connectivity index is 2.22. The number of hydroxylamine groups is 1. The number of aryl methyl sites for hydroxylation is 1. The molecule has 5 heteroatoms. The molecule has 0 fully saturated rings. The zero-order chi connectivity index (χ0) is 15.2. The van der Waals surface area contributed by atoms with Gasteiger partial charge in [-0.3, -0.25) is 14.8 Å². The molecule has 1 aromatic carbocycles. The highest BCUT2D eigenvalue weighted by molar-refractivity contribution is 6.01. The fourth-order valence-corrected chi connectivity index (χ4v) is 2.05. The van der Waals surface area contributed by atoms with E-state index in [-0.39, 0.29) is 5.78 Å². The molecule has 1 aromatic heterocycles. The number of nitrogens with one attached hydrogen (secondary N) is 1. The predicted octanol–water partition coefficient (Wildman–Crippen LogP) is 1.97. The first-order chi connectivity index (χ1) is 10.1. The third-order valence-electron chi connectivity index (χ3n) is 3.13. The van der Waals surface area contributed by atoms with Crippen LogP contribution in [-0.2, 0) is 18.3 Å². The van der Waals surface area contributed by atoms with Gasteiger partial charge in [0.1, 0.15) is 0 Å². The van der Waals surface area contributed by atoms with Gasteiger partial charge in [-0.2, -0.15) is 0 Å². The molecule has 1 heterocycles. The lowest BCUT2D eigenvalue weighted by Crippen LogP contribution is -2.15. The van der Waals surface area contributed by atoms with E-state index in [1.54, 1.807) is 23.9 Å². The molecule has 1 amide bonds. The summed E-state index contributed by atoms with van der Waals surface area (Å²) in [5, 5.41) is 8.48. The molecule has 0 aliphatic rings. The average molecular weight is 284 g/mol. The second-order valence-electron chi connectivity index (χ2n) is 4.62. The number of Topliss-reactive ketones (excluding diaryl/α,β-unsaturated/α-hetero) is 1. The lowest BCUT2D eigenvalue weighted by Gasteiger charge is -2.03. The molecule has 0 aliphatic heterocycles. The molecule has 2 N–H and O–H groups in total. The van der Waals surface area contributed by atoms with Crippen LogP contribution in [0.4, 0.5) is 0 Å². The first-order valence-electron chi connectivity index (χ1n) is 6.46. The summed E-state index contributed by atoms with van der Waals surface area (Å²) in [4.78, 5) is 23.4. The normalized spacial score (nSPS) is 10.8. The largest absolute Gasteiger partial charge is 0.350 e. The van der Waals surface area contributed by atoms with Gasteiger partial charge < -0.3 is 4.57 Å². The summed E-state index contributed by atoms with van der Waals surface area (Å²) >= 11 is 0. The Labute approximate surface area is 122 Å². The van der Waals surface area contributed by atoms with Gasteiger partial charge in [-0.25, -0.2) is 5.48 Å². The van der Waals surface area contributed by atoms with Crippen molar-refractivity contribution in [3.05, 3.63) is 65.5 Å². The van der Waals surface area contributed by atoms with Gasteiger partial charge in [0.15, 0.2) is 5.78 Å². The highest BCUT2D eigenvalue weighted by Crippen LogP contribution is 2.15. The maximum absolute atomic E-state index is 12.4. The van der Waals surface area contributed by atoms with Crippen LogP contribution in [0, 0.1) is 0 Å². The van der Waals surface area contributed by atoms with Crippen molar-refractivity contribution in [3.8, 4) is 0 Å². The lowest BCUT2D eigenvalue weighted by molar-refractivity contribution is -0.124. The zero-order valence-electron chi connectivity index (χ0n) is 11.6. The van der Waals surface area contributed by atoms with E-state index in [0.717, 1.165) is 5.56 Å². The number of amides is 1. The molecule has 5 nitrogen and oxygen atoms in total. The molecule has 2 aromatic rings. The van der Waals surface area contributed by atoms with Gasteiger partial charge in [0, 0.05) is 31.3 Å². The van der Waals surface area contributed by atoms with E-state index >= 15 is 0 Å². The third kappa shape index (κ3) is 3.67. The van der Waals surface area contributed by atoms with Gasteiger partial charge in [0.05, 0.1) is 5.69 Å². The van der Waals surface area contributed by atoms with Gasteiger partial charge in [-0.1, -0.05) is 30.3 Å². The van der Waals surface area contributed by atoms with E-state index in [1.165, 1.54) is 17.6 Å². The summed E-state index contributed by atoms with van der Waals surface area (Å²) in [5.41, 5.74) is 3.62. The van der Waals surface area contributed by atoms with Crippen molar-refractivity contribution in [2.75, 3.05) is 0 Å². The van der Waals surface area contributed by atoms with Crippen LogP contribution in [0.15, 0.2) is 48.7 Å². The maximum atomic E-state index is 12.4. The Kier molecular flexibility index (Phi) is 4.68. The zero-order valence-corrected chi connectivity index (χ0v) is 11.6. The summed E-state index contributed by atoms with van der Waals surface area (Å²) in [6, 6.07) is 11.2. The summed E-state index contributed by atoms with van der Waals surface area (Å²) in [7, 11) is 1.79. The Hall–Kier alpha value is -2.66. The van der Waals surface area contributed by atoms with E-state index in [1.807, 2.05) is 30.3 Å². The minimum atomic E-state index is -0.641. The fourth-order valence-electron chi connectivity index (χ4n) is 2.05. The number of hydrogen-bond donors (Lipinski definition) is 2. The number of rotatable bonds is 5. The van der Waals surface area contributed by atoms with Crippen LogP contribution in [0.3, 0.4) is 0 Å². The number of hydrogen-bond acceptors (Lipinski definition) is 3. The molecule has 2 rings (SSSR count). The van der Waals surface area contributed by atoms with Crippen molar-refractivity contribution in [3.63, 3.8) is 0 Å². The van der Waals surface area contributed by atoms with Crippen LogP contribution < -0.4 is 5.48 Å². The molecule has 0 saturated carbocycles. The van der Waals surface area contributed by atoms with Crippen LogP contribution in [0.5, 0.6) is 0 Å². The minimum absolute atomic E-state index is 0.0224. The molecule has 0 saturated heterocycles. The van der Waals surface area contributed by atoms with E-state index in [4.69, 9.17) is 5.21 Å². The van der Waals surface area contributed by atoms with Gasteiger partial charge in [0.25, 0.3) is 5.91 Å². The number of nitrogens with zero attached hydrogens (tertiary/aromatic N) is 1. The first kappa shape index (κ1) is 14.7. The Morgan fingerprint density at radius 2 is 1.95 bits per heavy atom. The number of carbonyl (C=O) groups is 2. The highest BCUT2D eigenvalue weighted by Gasteiger charge is 2.13. The minimum Gasteiger partial charge on any atom is -0.350 e. The van der Waals surface area contributed by atoms with Crippen LogP contribution in [-0.4, -0.2) is 21.5 Å². The number of ketones is 1. The Bertz CT molecular complexity index is 672. The Morgan fingerprint density at radius 3 is 2.62 bits per heavy atom. The monoisotopic (exact) mass is 284 g/mol. The standard InChI is InChI=1S/C16H16N2O3/c1-18-10-9-13(14(18)7-8-16(20)17-21)15(19)11-12-5-3-2-4-6-12/h2-10,21H,11H2,1H3,(H,17,20). The molecule has 21 heavy (non-hydrogen) atoms. The molecule has 0 radical (unpaired) electrons. The topological polar surface area (TPSA) is 71.3 Å². The molecule has 0 bridgehead atoms. The summed E-state index contributed by atoms with van der Waals surface area (Å²) in [6.45, 7) is 0. The van der Waals surface area contributed by atoms with Gasteiger partial charge >= 0.3 is 0 Å². The number of carbonyl (C=O) groups excluding carboxylic acids is 2. The molecule has 108 valence electrons. The van der Waals surface area contributed by atoms with E-state index in [0.29, 0.717) is 17.7 Å². The van der Waals surface area contributed by atoms with Gasteiger partial charge in [-0.05, 0) is 17.7 Å². The van der Waals surface area contributed by atoms with Crippen molar-refractivity contribution in [1.29, 1.82) is 0 Å². The molecular formula is C16H16N2O3. The van der Waals surface area contributed by atoms with Crippen LogP contribution in [0.25, 0.3) is 6.08 Å². The summed E-state index contributed by atoms with van der Waals surface area (Å²) in [5.74, 6) is -0.663. The number of aromatic nitrogens is 1. The second kappa shape index (κ2) is 6.67. The van der Waals surface area contributed by atoms with E-state index in [2.05, 4.69) is 0 Å². The lowest BCUT2D eigenvalue weighted by atomic mass is 10.0. The van der Waals surface area contributed by atoms with Gasteiger partial charge in [-0.15, -0.1) is 0 Å². The van der Waals surface area contributed by atoms with Crippen LogP contribution >= 0.6 is 0 Å². The van der Waals surface area contributed by atoms with Crippen molar-refractivity contribution in [1.82, 2.24) is 10.0 Å². The van der Waals surface area contributed by atoms with E-state index < -0.39 is 5.91 Å². The quantitative estimate of drug-likeness (QED) is 0.381. The molecule has 0 spiro atoms. The van der Waals surface area contributed by atoms with Crippen LogP contribution in [0.1, 0.15) is 21.6 Å². The molecular weight excluding hydrogens is 268 g/mol. The van der Waals surface area contributed by atoms with Crippen molar-refractivity contribution in [2.45, 2.75) is 6.42 Å². The van der Waals surface area contributed by atoms with Gasteiger partial charge in [0.2, 0.25) is 0 Å². The number of benzene rings is 1. The molecule has 0 unspecified atom stereocenters. The summed E-state index contributed by atoms with van der Waals surface area (Å²) in [6.07, 6.45) is 4.74. The fraction of sp³-hybridized carbons (Fsp3) is 0.125. The highest BCUT2D eigenvalue weighted by atomic mass is 16.5. The Morgan fingerprint density at radius 1 is 1.24 bits per heavy atom. The van der Waals surface area contributed by atoms with Crippen molar-refractivity contribution in [2.24, 2.45) is 7.05 Å².